The quantitative estimate of drug-likeness (QED) is 0.0262. The number of hydrogen-bond donors (Lipinski definition) is 0. The van der Waals surface area contributed by atoms with Gasteiger partial charge in [0.2, 0.25) is 0 Å². The molecular formula is C61H102O6. The van der Waals surface area contributed by atoms with E-state index in [4.69, 9.17) is 14.2 Å². The number of hydrogen-bond acceptors (Lipinski definition) is 6. The molecule has 0 spiro atoms. The molecule has 0 aromatic carbocycles. The van der Waals surface area contributed by atoms with Gasteiger partial charge in [0, 0.05) is 19.3 Å². The maximum absolute atomic E-state index is 12.8. The summed E-state index contributed by atoms with van der Waals surface area (Å²) in [6, 6.07) is 0. The SMILES string of the molecule is CC/C=C\C/C=C\C/C=C\C/C=C\C/C=C\C/C=C\C/C=C\CCCC(=O)OCC(COC(=O)CCCCCCCCCCC)OC(=O)CCCCCCCCC/C=C\CCCCCCCC. The third kappa shape index (κ3) is 53.2. The molecule has 0 aliphatic heterocycles. The molecule has 6 nitrogen and oxygen atoms in total. The summed E-state index contributed by atoms with van der Waals surface area (Å²) in [4.78, 5) is 38.0. The zero-order chi connectivity index (χ0) is 48.6. The number of carbonyl (C=O) groups is 3. The number of unbranched alkanes of at least 4 members (excludes halogenated alkanes) is 22. The highest BCUT2D eigenvalue weighted by molar-refractivity contribution is 5.71. The van der Waals surface area contributed by atoms with Crippen LogP contribution in [0, 0.1) is 0 Å². The van der Waals surface area contributed by atoms with Gasteiger partial charge in [-0.15, -0.1) is 0 Å². The van der Waals surface area contributed by atoms with E-state index in [2.05, 4.69) is 118 Å². The van der Waals surface area contributed by atoms with E-state index >= 15 is 0 Å². The van der Waals surface area contributed by atoms with Gasteiger partial charge in [-0.25, -0.2) is 0 Å². The number of allylic oxidation sites excluding steroid dienone is 16. The molecule has 67 heavy (non-hydrogen) atoms. The van der Waals surface area contributed by atoms with E-state index in [1.54, 1.807) is 0 Å². The molecule has 0 N–H and O–H groups in total. The van der Waals surface area contributed by atoms with Gasteiger partial charge in [-0.05, 0) is 96.3 Å². The van der Waals surface area contributed by atoms with Crippen molar-refractivity contribution in [3.05, 3.63) is 97.2 Å². The minimum absolute atomic E-state index is 0.0964. The Hall–Kier alpha value is -3.67. The van der Waals surface area contributed by atoms with Crippen molar-refractivity contribution in [1.29, 1.82) is 0 Å². The van der Waals surface area contributed by atoms with Crippen molar-refractivity contribution in [2.75, 3.05) is 13.2 Å². The van der Waals surface area contributed by atoms with Crippen LogP contribution in [0.5, 0.6) is 0 Å². The molecule has 0 saturated heterocycles. The van der Waals surface area contributed by atoms with Crippen LogP contribution in [0.15, 0.2) is 97.2 Å². The molecule has 0 radical (unpaired) electrons. The topological polar surface area (TPSA) is 78.9 Å². The minimum atomic E-state index is -0.801. The second-order valence-corrected chi connectivity index (χ2v) is 18.1. The molecule has 0 aromatic heterocycles. The van der Waals surface area contributed by atoms with E-state index in [1.165, 1.54) is 116 Å². The van der Waals surface area contributed by atoms with E-state index in [-0.39, 0.29) is 37.5 Å². The summed E-state index contributed by atoms with van der Waals surface area (Å²) >= 11 is 0. The van der Waals surface area contributed by atoms with Crippen LogP contribution in [0.4, 0.5) is 0 Å². The third-order valence-corrected chi connectivity index (χ3v) is 11.6. The lowest BCUT2D eigenvalue weighted by molar-refractivity contribution is -0.167. The van der Waals surface area contributed by atoms with Crippen LogP contribution in [0.2, 0.25) is 0 Å². The summed E-state index contributed by atoms with van der Waals surface area (Å²) in [5.74, 6) is -0.965. The Morgan fingerprint density at radius 1 is 0.313 bits per heavy atom. The molecule has 0 bridgehead atoms. The number of esters is 3. The van der Waals surface area contributed by atoms with E-state index in [9.17, 15) is 14.4 Å². The molecule has 0 heterocycles. The molecule has 0 fully saturated rings. The van der Waals surface area contributed by atoms with Gasteiger partial charge >= 0.3 is 17.9 Å². The molecule has 1 unspecified atom stereocenters. The Bertz CT molecular complexity index is 1350. The minimum Gasteiger partial charge on any atom is -0.462 e. The molecule has 0 amide bonds. The van der Waals surface area contributed by atoms with Crippen LogP contribution in [0.1, 0.15) is 252 Å². The van der Waals surface area contributed by atoms with Gasteiger partial charge in [-0.1, -0.05) is 234 Å². The predicted octanol–water partition coefficient (Wildman–Crippen LogP) is 18.5. The summed E-state index contributed by atoms with van der Waals surface area (Å²) < 4.78 is 16.7. The highest BCUT2D eigenvalue weighted by Gasteiger charge is 2.19. The highest BCUT2D eigenvalue weighted by Crippen LogP contribution is 2.14. The Morgan fingerprint density at radius 2 is 0.597 bits per heavy atom. The van der Waals surface area contributed by atoms with Crippen molar-refractivity contribution < 1.29 is 28.6 Å². The Labute approximate surface area is 413 Å². The molecule has 6 heteroatoms. The highest BCUT2D eigenvalue weighted by atomic mass is 16.6. The van der Waals surface area contributed by atoms with Crippen LogP contribution in [0.25, 0.3) is 0 Å². The van der Waals surface area contributed by atoms with E-state index < -0.39 is 6.10 Å². The van der Waals surface area contributed by atoms with E-state index in [0.717, 1.165) is 89.9 Å². The van der Waals surface area contributed by atoms with Gasteiger partial charge in [0.1, 0.15) is 13.2 Å². The van der Waals surface area contributed by atoms with E-state index in [1.807, 2.05) is 0 Å². The van der Waals surface area contributed by atoms with Crippen molar-refractivity contribution in [2.45, 2.75) is 258 Å². The monoisotopic (exact) mass is 931 g/mol. The second-order valence-electron chi connectivity index (χ2n) is 18.1. The van der Waals surface area contributed by atoms with Gasteiger partial charge in [0.15, 0.2) is 6.10 Å². The van der Waals surface area contributed by atoms with Crippen LogP contribution in [-0.4, -0.2) is 37.2 Å². The van der Waals surface area contributed by atoms with Gasteiger partial charge < -0.3 is 14.2 Å². The summed E-state index contributed by atoms with van der Waals surface area (Å²) in [5, 5.41) is 0. The second kappa shape index (κ2) is 54.9. The van der Waals surface area contributed by atoms with Gasteiger partial charge in [-0.3, -0.25) is 14.4 Å². The first kappa shape index (κ1) is 63.3. The fourth-order valence-electron chi connectivity index (χ4n) is 7.43. The van der Waals surface area contributed by atoms with Crippen molar-refractivity contribution in [2.24, 2.45) is 0 Å². The fourth-order valence-corrected chi connectivity index (χ4v) is 7.43. The standard InChI is InChI=1S/C61H102O6/c1-4-7-10-13-16-19-21-23-25-27-28-29-30-31-32-34-35-37-39-42-45-48-51-54-60(63)66-57-58(56-65-59(62)53-50-47-44-41-18-15-12-9-6-3)67-61(64)55-52-49-46-43-40-38-36-33-26-24-22-20-17-14-11-8-5-2/h7,10,16,19,23-26,28-29,31-32,35,37,42,45,58H,4-6,8-9,11-15,17-18,20-22,27,30,33-34,36,38-41,43-44,46-57H2,1-3H3/b10-7-,19-16-,25-23-,26-24-,29-28-,32-31-,37-35-,45-42-. The molecule has 0 aliphatic rings. The van der Waals surface area contributed by atoms with Gasteiger partial charge in [-0.2, -0.15) is 0 Å². The maximum atomic E-state index is 12.8. The molecule has 0 rings (SSSR count). The largest absolute Gasteiger partial charge is 0.462 e. The predicted molar refractivity (Wildman–Crippen MR) is 288 cm³/mol. The van der Waals surface area contributed by atoms with Gasteiger partial charge in [0.25, 0.3) is 0 Å². The van der Waals surface area contributed by atoms with E-state index in [0.29, 0.717) is 19.3 Å². The Morgan fingerprint density at radius 3 is 0.985 bits per heavy atom. The molecular weight excluding hydrogens is 829 g/mol. The number of ether oxygens (including phenoxy) is 3. The molecule has 382 valence electrons. The average molecular weight is 931 g/mol. The Kier molecular flexibility index (Phi) is 51.9. The third-order valence-electron chi connectivity index (χ3n) is 11.6. The molecule has 0 saturated carbocycles. The lowest BCUT2D eigenvalue weighted by atomic mass is 10.1. The normalized spacial score (nSPS) is 12.8. The first-order valence-electron chi connectivity index (χ1n) is 27.7. The zero-order valence-corrected chi connectivity index (χ0v) is 43.6. The summed E-state index contributed by atoms with van der Waals surface area (Å²) in [5.41, 5.74) is 0. The maximum Gasteiger partial charge on any atom is 0.306 e. The van der Waals surface area contributed by atoms with Crippen LogP contribution < -0.4 is 0 Å². The first-order valence-corrected chi connectivity index (χ1v) is 27.7. The van der Waals surface area contributed by atoms with Crippen LogP contribution in [0.3, 0.4) is 0 Å². The summed E-state index contributed by atoms with van der Waals surface area (Å²) in [6.45, 7) is 6.45. The smallest absolute Gasteiger partial charge is 0.306 e. The first-order chi connectivity index (χ1) is 33.0. The Balaban J connectivity index is 4.41. The van der Waals surface area contributed by atoms with Crippen LogP contribution >= 0.6 is 0 Å². The molecule has 0 aromatic rings. The van der Waals surface area contributed by atoms with Crippen LogP contribution in [-0.2, 0) is 28.6 Å². The zero-order valence-electron chi connectivity index (χ0n) is 43.6. The number of rotatable bonds is 49. The molecule has 0 aliphatic carbocycles. The van der Waals surface area contributed by atoms with Crippen molar-refractivity contribution in [3.63, 3.8) is 0 Å². The van der Waals surface area contributed by atoms with Crippen molar-refractivity contribution in [3.8, 4) is 0 Å². The summed E-state index contributed by atoms with van der Waals surface area (Å²) in [7, 11) is 0. The lowest BCUT2D eigenvalue weighted by Crippen LogP contribution is -2.30. The summed E-state index contributed by atoms with van der Waals surface area (Å²) in [6.07, 6.45) is 72.6. The average Bonchev–Trinajstić information content (AvgIpc) is 3.33. The van der Waals surface area contributed by atoms with Crippen molar-refractivity contribution >= 4 is 17.9 Å². The van der Waals surface area contributed by atoms with Crippen molar-refractivity contribution in [1.82, 2.24) is 0 Å². The molecule has 1 atom stereocenters. The fraction of sp³-hybridized carbons (Fsp3) is 0.689. The van der Waals surface area contributed by atoms with Gasteiger partial charge in [0.05, 0.1) is 0 Å². The number of carbonyl (C=O) groups excluding carboxylic acids is 3. The lowest BCUT2D eigenvalue weighted by Gasteiger charge is -2.18.